The summed E-state index contributed by atoms with van der Waals surface area (Å²) in [7, 11) is 0. The number of anilines is 2. The zero-order valence-corrected chi connectivity index (χ0v) is 12.7. The third-order valence-electron chi connectivity index (χ3n) is 4.32. The monoisotopic (exact) mass is 289 g/mol. The van der Waals surface area contributed by atoms with Gasteiger partial charge in [0.2, 0.25) is 5.91 Å². The molecule has 0 aromatic carbocycles. The Hall–Kier alpha value is -1.85. The molecule has 114 valence electrons. The van der Waals surface area contributed by atoms with E-state index in [1.807, 2.05) is 6.92 Å². The molecule has 0 spiro atoms. The fraction of sp³-hybridized carbons (Fsp3) is 0.667. The zero-order valence-electron chi connectivity index (χ0n) is 12.7. The van der Waals surface area contributed by atoms with Crippen LogP contribution >= 0.6 is 0 Å². The Kier molecular flexibility index (Phi) is 3.69. The Bertz CT molecular complexity index is 547. The van der Waals surface area contributed by atoms with E-state index in [0.29, 0.717) is 11.7 Å². The summed E-state index contributed by atoms with van der Waals surface area (Å²) in [5.41, 5.74) is 7.02. The molecule has 1 aliphatic carbocycles. The number of carbonyl (C=O) groups is 1. The third-order valence-corrected chi connectivity index (χ3v) is 4.32. The summed E-state index contributed by atoms with van der Waals surface area (Å²) in [6.45, 7) is 5.35. The normalized spacial score (nSPS) is 19.6. The average molecular weight is 289 g/mol. The lowest BCUT2D eigenvalue weighted by Crippen LogP contribution is -2.44. The molecule has 0 atom stereocenters. The maximum atomic E-state index is 11.1. The Morgan fingerprint density at radius 1 is 1.24 bits per heavy atom. The summed E-state index contributed by atoms with van der Waals surface area (Å²) in [4.78, 5) is 22.6. The molecule has 1 amide bonds. The Balaban J connectivity index is 1.74. The fourth-order valence-electron chi connectivity index (χ4n) is 2.89. The van der Waals surface area contributed by atoms with Crippen LogP contribution < -0.4 is 16.0 Å². The van der Waals surface area contributed by atoms with Crippen molar-refractivity contribution in [1.82, 2.24) is 15.3 Å². The second kappa shape index (κ2) is 5.50. The summed E-state index contributed by atoms with van der Waals surface area (Å²) < 4.78 is 0. The van der Waals surface area contributed by atoms with Crippen LogP contribution in [0.4, 0.5) is 11.6 Å². The van der Waals surface area contributed by atoms with E-state index < -0.39 is 0 Å². The first kappa shape index (κ1) is 14.1. The molecule has 1 aromatic heterocycles. The molecule has 6 nitrogen and oxygen atoms in total. The number of amides is 1. The molecular formula is C15H23N5O. The second-order valence-electron chi connectivity index (χ2n) is 6.15. The van der Waals surface area contributed by atoms with Crippen LogP contribution in [0.25, 0.3) is 0 Å². The molecule has 0 unspecified atom stereocenters. The first-order valence-electron chi connectivity index (χ1n) is 7.70. The number of nitrogens with one attached hydrogen (secondary N) is 1. The summed E-state index contributed by atoms with van der Waals surface area (Å²) in [5, 5.41) is 3.00. The predicted octanol–water partition coefficient (Wildman–Crippen LogP) is 1.35. The molecule has 2 heterocycles. The number of aromatic nitrogens is 2. The number of carbonyl (C=O) groups excluding carboxylic acids is 1. The van der Waals surface area contributed by atoms with Crippen molar-refractivity contribution in [3.05, 3.63) is 11.4 Å². The number of nitrogen functional groups attached to an aromatic ring is 1. The SMILES string of the molecule is CC(=O)NC1CCN(c2nc(C3CC3)nc(N)c2C)CC1. The molecule has 0 bridgehead atoms. The highest BCUT2D eigenvalue weighted by molar-refractivity contribution is 5.73. The highest BCUT2D eigenvalue weighted by atomic mass is 16.1. The van der Waals surface area contributed by atoms with Crippen molar-refractivity contribution in [1.29, 1.82) is 0 Å². The van der Waals surface area contributed by atoms with Crippen LogP contribution in [0.3, 0.4) is 0 Å². The van der Waals surface area contributed by atoms with Crippen LogP contribution in [0, 0.1) is 6.92 Å². The number of piperidine rings is 1. The first-order chi connectivity index (χ1) is 10.0. The van der Waals surface area contributed by atoms with Gasteiger partial charge >= 0.3 is 0 Å². The van der Waals surface area contributed by atoms with Gasteiger partial charge in [0, 0.05) is 37.5 Å². The van der Waals surface area contributed by atoms with E-state index in [1.54, 1.807) is 6.92 Å². The number of hydrogen-bond acceptors (Lipinski definition) is 5. The molecule has 6 heteroatoms. The topological polar surface area (TPSA) is 84.1 Å². The van der Waals surface area contributed by atoms with Crippen molar-refractivity contribution < 1.29 is 4.79 Å². The molecule has 1 saturated carbocycles. The minimum atomic E-state index is 0.0481. The smallest absolute Gasteiger partial charge is 0.217 e. The standard InChI is InChI=1S/C15H23N5O/c1-9-13(16)18-14(11-3-4-11)19-15(9)20-7-5-12(6-8-20)17-10(2)21/h11-12H,3-8H2,1-2H3,(H,17,21)(H2,16,18,19). The Morgan fingerprint density at radius 2 is 1.90 bits per heavy atom. The van der Waals surface area contributed by atoms with Crippen molar-refractivity contribution in [2.45, 2.75) is 51.5 Å². The summed E-state index contributed by atoms with van der Waals surface area (Å²) in [6.07, 6.45) is 4.24. The zero-order chi connectivity index (χ0) is 15.0. The highest BCUT2D eigenvalue weighted by Gasteiger charge is 2.29. The average Bonchev–Trinajstić information content (AvgIpc) is 3.26. The molecule has 3 rings (SSSR count). The Morgan fingerprint density at radius 3 is 2.48 bits per heavy atom. The minimum Gasteiger partial charge on any atom is -0.383 e. The van der Waals surface area contributed by atoms with Gasteiger partial charge in [-0.1, -0.05) is 0 Å². The lowest BCUT2D eigenvalue weighted by atomic mass is 10.0. The van der Waals surface area contributed by atoms with Crippen molar-refractivity contribution in [2.24, 2.45) is 0 Å². The molecule has 2 aliphatic rings. The molecule has 1 aliphatic heterocycles. The van der Waals surface area contributed by atoms with Crippen LogP contribution in [0.2, 0.25) is 0 Å². The molecular weight excluding hydrogens is 266 g/mol. The van der Waals surface area contributed by atoms with E-state index in [-0.39, 0.29) is 11.9 Å². The van der Waals surface area contributed by atoms with Gasteiger partial charge in [0.25, 0.3) is 0 Å². The van der Waals surface area contributed by atoms with Gasteiger partial charge in [0.05, 0.1) is 0 Å². The maximum absolute atomic E-state index is 11.1. The second-order valence-corrected chi connectivity index (χ2v) is 6.15. The van der Waals surface area contributed by atoms with Crippen LogP contribution in [0.1, 0.15) is 49.9 Å². The quantitative estimate of drug-likeness (QED) is 0.877. The lowest BCUT2D eigenvalue weighted by molar-refractivity contribution is -0.119. The van der Waals surface area contributed by atoms with E-state index in [0.717, 1.165) is 43.1 Å². The van der Waals surface area contributed by atoms with Crippen molar-refractivity contribution >= 4 is 17.5 Å². The van der Waals surface area contributed by atoms with Gasteiger partial charge in [0.1, 0.15) is 17.5 Å². The highest BCUT2D eigenvalue weighted by Crippen LogP contribution is 2.39. The Labute approximate surface area is 125 Å². The number of nitrogens with two attached hydrogens (primary N) is 1. The minimum absolute atomic E-state index is 0.0481. The van der Waals surface area contributed by atoms with Crippen molar-refractivity contribution in [3.63, 3.8) is 0 Å². The van der Waals surface area contributed by atoms with E-state index in [2.05, 4.69) is 15.2 Å². The van der Waals surface area contributed by atoms with Gasteiger partial charge in [-0.05, 0) is 32.6 Å². The van der Waals surface area contributed by atoms with Crippen LogP contribution in [0.5, 0.6) is 0 Å². The summed E-state index contributed by atoms with van der Waals surface area (Å²) in [5.74, 6) is 3.03. The van der Waals surface area contributed by atoms with E-state index >= 15 is 0 Å². The fourth-order valence-corrected chi connectivity index (χ4v) is 2.89. The van der Waals surface area contributed by atoms with Crippen LogP contribution in [-0.4, -0.2) is 35.0 Å². The number of rotatable bonds is 3. The molecule has 21 heavy (non-hydrogen) atoms. The van der Waals surface area contributed by atoms with Gasteiger partial charge in [-0.15, -0.1) is 0 Å². The molecule has 2 fully saturated rings. The molecule has 1 saturated heterocycles. The van der Waals surface area contributed by atoms with Gasteiger partial charge in [-0.2, -0.15) is 0 Å². The number of hydrogen-bond donors (Lipinski definition) is 2. The molecule has 1 aromatic rings. The van der Waals surface area contributed by atoms with Crippen LogP contribution in [-0.2, 0) is 4.79 Å². The van der Waals surface area contributed by atoms with Crippen molar-refractivity contribution in [3.8, 4) is 0 Å². The van der Waals surface area contributed by atoms with E-state index in [4.69, 9.17) is 10.7 Å². The molecule has 3 N–H and O–H groups in total. The van der Waals surface area contributed by atoms with Gasteiger partial charge in [-0.25, -0.2) is 9.97 Å². The molecule has 0 radical (unpaired) electrons. The van der Waals surface area contributed by atoms with E-state index in [9.17, 15) is 4.79 Å². The van der Waals surface area contributed by atoms with E-state index in [1.165, 1.54) is 12.8 Å². The number of nitrogens with zero attached hydrogens (tertiary/aromatic N) is 3. The van der Waals surface area contributed by atoms with Crippen LogP contribution in [0.15, 0.2) is 0 Å². The van der Waals surface area contributed by atoms with Gasteiger partial charge in [0.15, 0.2) is 0 Å². The van der Waals surface area contributed by atoms with Gasteiger partial charge in [-0.3, -0.25) is 4.79 Å². The largest absolute Gasteiger partial charge is 0.383 e. The lowest BCUT2D eigenvalue weighted by Gasteiger charge is -2.34. The first-order valence-corrected chi connectivity index (χ1v) is 7.70. The summed E-state index contributed by atoms with van der Waals surface area (Å²) in [6, 6.07) is 0.279. The predicted molar refractivity (Wildman–Crippen MR) is 82.2 cm³/mol. The van der Waals surface area contributed by atoms with Crippen molar-refractivity contribution in [2.75, 3.05) is 23.7 Å². The van der Waals surface area contributed by atoms with Gasteiger partial charge < -0.3 is 16.0 Å². The third kappa shape index (κ3) is 3.09. The maximum Gasteiger partial charge on any atom is 0.217 e. The summed E-state index contributed by atoms with van der Waals surface area (Å²) >= 11 is 0.